The minimum atomic E-state index is 0.0700. The van der Waals surface area contributed by atoms with Gasteiger partial charge in [-0.1, -0.05) is 17.7 Å². The molecule has 0 saturated carbocycles. The molecule has 2 aliphatic rings. The Morgan fingerprint density at radius 2 is 1.76 bits per heavy atom. The first-order valence-electron chi connectivity index (χ1n) is 12.0. The number of aromatic nitrogens is 3. The smallest absolute Gasteiger partial charge is 0.113 e. The van der Waals surface area contributed by atoms with Gasteiger partial charge in [0.25, 0.3) is 0 Å². The average molecular weight is 477 g/mol. The molecule has 34 heavy (non-hydrogen) atoms. The van der Waals surface area contributed by atoms with Gasteiger partial charge in [-0.3, -0.25) is 9.97 Å². The molecular formula is C26H29ClN6O. The molecular weight excluding hydrogens is 448 g/mol. The quantitative estimate of drug-likeness (QED) is 0.481. The van der Waals surface area contributed by atoms with Gasteiger partial charge in [0.1, 0.15) is 11.0 Å². The van der Waals surface area contributed by atoms with Crippen LogP contribution in [-0.2, 0) is 11.3 Å². The lowest BCUT2D eigenvalue weighted by atomic mass is 10.1. The van der Waals surface area contributed by atoms with E-state index >= 15 is 0 Å². The number of hydrogen-bond donors (Lipinski definition) is 1. The Morgan fingerprint density at radius 3 is 2.62 bits per heavy atom. The molecule has 7 nitrogen and oxygen atoms in total. The van der Waals surface area contributed by atoms with Crippen LogP contribution in [0.1, 0.15) is 6.92 Å². The molecule has 2 fully saturated rings. The highest BCUT2D eigenvalue weighted by Gasteiger charge is 2.27. The lowest BCUT2D eigenvalue weighted by Crippen LogP contribution is -2.48. The van der Waals surface area contributed by atoms with Crippen molar-refractivity contribution in [1.82, 2.24) is 19.9 Å². The second-order valence-electron chi connectivity index (χ2n) is 9.30. The predicted molar refractivity (Wildman–Crippen MR) is 138 cm³/mol. The first-order chi connectivity index (χ1) is 16.6. The Morgan fingerprint density at radius 1 is 0.971 bits per heavy atom. The molecule has 0 amide bonds. The van der Waals surface area contributed by atoms with E-state index < -0.39 is 0 Å². The number of halogens is 1. The summed E-state index contributed by atoms with van der Waals surface area (Å²) >= 11 is 6.38. The zero-order chi connectivity index (χ0) is 23.1. The van der Waals surface area contributed by atoms with E-state index in [1.165, 1.54) is 16.5 Å². The van der Waals surface area contributed by atoms with Crippen LogP contribution < -0.4 is 15.1 Å². The summed E-state index contributed by atoms with van der Waals surface area (Å²) in [6, 6.07) is 10.8. The fourth-order valence-electron chi connectivity index (χ4n) is 5.25. The highest BCUT2D eigenvalue weighted by atomic mass is 35.5. The number of ether oxygens (including phenoxy) is 1. The van der Waals surface area contributed by atoms with Crippen LogP contribution in [0.3, 0.4) is 0 Å². The maximum absolute atomic E-state index is 6.38. The van der Waals surface area contributed by atoms with Crippen molar-refractivity contribution in [2.24, 2.45) is 0 Å². The van der Waals surface area contributed by atoms with Gasteiger partial charge >= 0.3 is 0 Å². The zero-order valence-electron chi connectivity index (χ0n) is 19.3. The van der Waals surface area contributed by atoms with Crippen LogP contribution >= 0.6 is 11.6 Å². The molecule has 2 aromatic carbocycles. The van der Waals surface area contributed by atoms with Crippen molar-refractivity contribution in [3.05, 3.63) is 60.1 Å². The number of anilines is 2. The Hall–Kier alpha value is -2.87. The number of benzene rings is 2. The summed E-state index contributed by atoms with van der Waals surface area (Å²) in [5, 5.41) is 6.59. The van der Waals surface area contributed by atoms with Gasteiger partial charge in [-0.05, 0) is 36.6 Å². The number of rotatable bonds is 4. The average Bonchev–Trinajstić information content (AvgIpc) is 3.26. The Kier molecular flexibility index (Phi) is 5.77. The van der Waals surface area contributed by atoms with Crippen molar-refractivity contribution >= 4 is 44.8 Å². The molecule has 0 spiro atoms. The number of morpholine rings is 1. The minimum absolute atomic E-state index is 0.0700. The number of nitrogens with one attached hydrogen (secondary N) is 1. The van der Waals surface area contributed by atoms with E-state index in [0.717, 1.165) is 62.5 Å². The third kappa shape index (κ3) is 4.19. The topological polar surface area (TPSA) is 58.5 Å². The molecule has 2 saturated heterocycles. The molecule has 4 aromatic rings. The molecule has 176 valence electrons. The summed E-state index contributed by atoms with van der Waals surface area (Å²) in [6.07, 6.45) is 8.08. The standard InChI is InChI=1S/C26H29ClN6O/c1-18-13-33(24-5-4-23(27)25-26(24)30-7-6-29-25)17-22(34-18)16-31-14-19-2-3-21(12-20(19)15-31)32-10-8-28-9-11-32/h2-7,12,14-15,18,22,28H,8-11,13,16-17H2,1H3/t18-,22+/m1/s1. The van der Waals surface area contributed by atoms with E-state index in [-0.39, 0.29) is 12.2 Å². The fraction of sp³-hybridized carbons (Fsp3) is 0.385. The molecule has 2 atom stereocenters. The lowest BCUT2D eigenvalue weighted by molar-refractivity contribution is -0.0238. The van der Waals surface area contributed by atoms with E-state index in [1.54, 1.807) is 12.4 Å². The van der Waals surface area contributed by atoms with Crippen molar-refractivity contribution in [3.8, 4) is 0 Å². The summed E-state index contributed by atoms with van der Waals surface area (Å²) in [4.78, 5) is 13.8. The third-order valence-electron chi connectivity index (χ3n) is 6.80. The van der Waals surface area contributed by atoms with Crippen molar-refractivity contribution in [2.75, 3.05) is 49.1 Å². The van der Waals surface area contributed by atoms with Crippen LogP contribution in [0.25, 0.3) is 21.8 Å². The summed E-state index contributed by atoms with van der Waals surface area (Å²) < 4.78 is 8.62. The van der Waals surface area contributed by atoms with Gasteiger partial charge < -0.3 is 24.4 Å². The van der Waals surface area contributed by atoms with Gasteiger partial charge in [0.2, 0.25) is 0 Å². The van der Waals surface area contributed by atoms with E-state index in [0.29, 0.717) is 5.02 Å². The maximum atomic E-state index is 6.38. The molecule has 0 bridgehead atoms. The van der Waals surface area contributed by atoms with E-state index in [1.807, 2.05) is 6.07 Å². The van der Waals surface area contributed by atoms with E-state index in [2.05, 4.69) is 73.2 Å². The fourth-order valence-corrected chi connectivity index (χ4v) is 5.46. The molecule has 2 aromatic heterocycles. The Labute approximate surface area is 204 Å². The minimum Gasteiger partial charge on any atom is -0.370 e. The Balaban J connectivity index is 1.23. The van der Waals surface area contributed by atoms with Crippen LogP contribution in [0, 0.1) is 0 Å². The van der Waals surface area contributed by atoms with Crippen molar-refractivity contribution in [1.29, 1.82) is 0 Å². The first kappa shape index (κ1) is 21.6. The van der Waals surface area contributed by atoms with Gasteiger partial charge in [-0.25, -0.2) is 0 Å². The van der Waals surface area contributed by atoms with Crippen LogP contribution in [-0.4, -0.2) is 66.0 Å². The van der Waals surface area contributed by atoms with Gasteiger partial charge in [0, 0.05) is 75.1 Å². The van der Waals surface area contributed by atoms with Gasteiger partial charge in [-0.15, -0.1) is 0 Å². The van der Waals surface area contributed by atoms with Gasteiger partial charge in [0.15, 0.2) is 0 Å². The first-order valence-corrected chi connectivity index (χ1v) is 12.4. The molecule has 2 aliphatic heterocycles. The van der Waals surface area contributed by atoms with Crippen LogP contribution in [0.15, 0.2) is 55.1 Å². The highest BCUT2D eigenvalue weighted by molar-refractivity contribution is 6.35. The zero-order valence-corrected chi connectivity index (χ0v) is 20.1. The predicted octanol–water partition coefficient (Wildman–Crippen LogP) is 3.94. The maximum Gasteiger partial charge on any atom is 0.113 e. The Bertz CT molecular complexity index is 1320. The third-order valence-corrected chi connectivity index (χ3v) is 7.10. The monoisotopic (exact) mass is 476 g/mol. The molecule has 1 N–H and O–H groups in total. The van der Waals surface area contributed by atoms with Crippen LogP contribution in [0.5, 0.6) is 0 Å². The molecule has 8 heteroatoms. The molecule has 4 heterocycles. The number of fused-ring (bicyclic) bond motifs is 2. The summed E-state index contributed by atoms with van der Waals surface area (Å²) in [6.45, 7) is 8.73. The van der Waals surface area contributed by atoms with Crippen LogP contribution in [0.4, 0.5) is 11.4 Å². The van der Waals surface area contributed by atoms with Gasteiger partial charge in [-0.2, -0.15) is 0 Å². The van der Waals surface area contributed by atoms with E-state index in [9.17, 15) is 0 Å². The summed E-state index contributed by atoms with van der Waals surface area (Å²) in [5.74, 6) is 0. The molecule has 6 rings (SSSR count). The second kappa shape index (κ2) is 9.06. The molecule has 0 aliphatic carbocycles. The van der Waals surface area contributed by atoms with E-state index in [4.69, 9.17) is 16.3 Å². The van der Waals surface area contributed by atoms with Crippen LogP contribution in [0.2, 0.25) is 5.02 Å². The summed E-state index contributed by atoms with van der Waals surface area (Å²) in [7, 11) is 0. The van der Waals surface area contributed by atoms with Crippen molar-refractivity contribution < 1.29 is 4.74 Å². The van der Waals surface area contributed by atoms with Gasteiger partial charge in [0.05, 0.1) is 29.5 Å². The van der Waals surface area contributed by atoms with Crippen molar-refractivity contribution in [3.63, 3.8) is 0 Å². The highest BCUT2D eigenvalue weighted by Crippen LogP contribution is 2.31. The second-order valence-corrected chi connectivity index (χ2v) is 9.71. The number of nitrogens with zero attached hydrogens (tertiary/aromatic N) is 5. The normalized spacial score (nSPS) is 21.5. The molecule has 0 radical (unpaired) electrons. The largest absolute Gasteiger partial charge is 0.370 e. The van der Waals surface area contributed by atoms with Crippen molar-refractivity contribution in [2.45, 2.75) is 25.7 Å². The number of piperazine rings is 1. The number of hydrogen-bond acceptors (Lipinski definition) is 6. The molecule has 0 unspecified atom stereocenters. The SMILES string of the molecule is C[C@@H]1CN(c2ccc(Cl)c3nccnc23)C[C@H](Cn2cc3ccc(N4CCNCC4)cc3c2)O1. The lowest BCUT2D eigenvalue weighted by Gasteiger charge is -2.38. The summed E-state index contributed by atoms with van der Waals surface area (Å²) in [5.41, 5.74) is 3.95.